The first-order valence-electron chi connectivity index (χ1n) is 9.33. The van der Waals surface area contributed by atoms with Crippen LogP contribution in [0.15, 0.2) is 42.6 Å². The Morgan fingerprint density at radius 1 is 1.10 bits per heavy atom. The fourth-order valence-corrected chi connectivity index (χ4v) is 3.14. The molecule has 1 aromatic heterocycles. The average Bonchev–Trinajstić information content (AvgIpc) is 2.73. The molecule has 2 N–H and O–H groups in total. The summed E-state index contributed by atoms with van der Waals surface area (Å²) in [5.41, 5.74) is 2.62. The molecule has 0 spiro atoms. The van der Waals surface area contributed by atoms with Crippen molar-refractivity contribution in [3.05, 3.63) is 59.5 Å². The van der Waals surface area contributed by atoms with Gasteiger partial charge in [-0.2, -0.15) is 0 Å². The zero-order chi connectivity index (χ0) is 20.8. The summed E-state index contributed by atoms with van der Waals surface area (Å²) in [7, 11) is 3.18. The molecule has 3 rings (SSSR count). The molecule has 29 heavy (non-hydrogen) atoms. The summed E-state index contributed by atoms with van der Waals surface area (Å²) in [6.07, 6.45) is 2.25. The summed E-state index contributed by atoms with van der Waals surface area (Å²) in [5, 5.41) is 3.86. The number of nitrogens with one attached hydrogen (secondary N) is 2. The highest BCUT2D eigenvalue weighted by Gasteiger charge is 2.20. The molecule has 0 aliphatic heterocycles. The first-order valence-corrected chi connectivity index (χ1v) is 9.33. The van der Waals surface area contributed by atoms with Crippen molar-refractivity contribution in [1.29, 1.82) is 0 Å². The van der Waals surface area contributed by atoms with E-state index in [1.165, 1.54) is 12.1 Å². The number of benzene rings is 2. The fraction of sp³-hybridized carbons (Fsp3) is 0.273. The Morgan fingerprint density at radius 2 is 1.90 bits per heavy atom. The Labute approximate surface area is 168 Å². The van der Waals surface area contributed by atoms with E-state index >= 15 is 0 Å². The first-order chi connectivity index (χ1) is 14.1. The predicted molar refractivity (Wildman–Crippen MR) is 108 cm³/mol. The second kappa shape index (κ2) is 9.23. The molecule has 3 aromatic rings. The number of aromatic amines is 1. The van der Waals surface area contributed by atoms with E-state index in [0.29, 0.717) is 46.6 Å². The third-order valence-electron chi connectivity index (χ3n) is 4.55. The van der Waals surface area contributed by atoms with E-state index in [9.17, 15) is 9.18 Å². The minimum Gasteiger partial charge on any atom is -0.493 e. The van der Waals surface area contributed by atoms with Crippen LogP contribution in [0.4, 0.5) is 10.1 Å². The van der Waals surface area contributed by atoms with Gasteiger partial charge in [0.15, 0.2) is 17.7 Å². The molecule has 0 amide bonds. The molecule has 0 bridgehead atoms. The van der Waals surface area contributed by atoms with E-state index in [4.69, 9.17) is 14.2 Å². The molecule has 1 heterocycles. The van der Waals surface area contributed by atoms with Gasteiger partial charge >= 0.3 is 5.97 Å². The van der Waals surface area contributed by atoms with Crippen molar-refractivity contribution in [2.75, 3.05) is 32.7 Å². The molecule has 0 atom stereocenters. The number of pyridine rings is 1. The number of anilines is 1. The lowest BCUT2D eigenvalue weighted by Gasteiger charge is -2.13. The number of hydrogen-bond acceptors (Lipinski definition) is 5. The second-order valence-corrected chi connectivity index (χ2v) is 6.35. The van der Waals surface area contributed by atoms with Crippen LogP contribution in [0.5, 0.6) is 11.5 Å². The van der Waals surface area contributed by atoms with Gasteiger partial charge in [0, 0.05) is 12.6 Å². The van der Waals surface area contributed by atoms with Crippen LogP contribution in [-0.2, 0) is 11.2 Å². The summed E-state index contributed by atoms with van der Waals surface area (Å²) in [6.45, 7) is 2.52. The van der Waals surface area contributed by atoms with E-state index in [2.05, 4.69) is 10.3 Å². The topological polar surface area (TPSA) is 70.9 Å². The number of carbonyl (C=O) groups excluding carboxylic acids is 1. The lowest BCUT2D eigenvalue weighted by Crippen LogP contribution is -2.17. The molecule has 0 saturated carbocycles. The molecule has 0 unspecified atom stereocenters. The Morgan fingerprint density at radius 3 is 2.62 bits per heavy atom. The van der Waals surface area contributed by atoms with E-state index < -0.39 is 5.97 Å². The SMILES string of the molecule is CCOC(=O)c1c[nH+]c2ccc(F)cc2c1NCCc1ccc(OC)c(OC)c1. The smallest absolute Gasteiger partial charge is 0.346 e. The van der Waals surface area contributed by atoms with Gasteiger partial charge in [0.1, 0.15) is 11.4 Å². The van der Waals surface area contributed by atoms with Crippen LogP contribution in [0.1, 0.15) is 22.8 Å². The van der Waals surface area contributed by atoms with Crippen LogP contribution < -0.4 is 19.8 Å². The monoisotopic (exact) mass is 399 g/mol. The molecular formula is C22H24FN2O4+. The minimum atomic E-state index is -0.469. The number of ether oxygens (including phenoxy) is 3. The van der Waals surface area contributed by atoms with Crippen molar-refractivity contribution in [3.8, 4) is 11.5 Å². The Bertz CT molecular complexity index is 1020. The Balaban J connectivity index is 1.87. The van der Waals surface area contributed by atoms with Crippen LogP contribution in [0.3, 0.4) is 0 Å². The van der Waals surface area contributed by atoms with Crippen LogP contribution in [0.25, 0.3) is 10.9 Å². The van der Waals surface area contributed by atoms with Crippen LogP contribution >= 0.6 is 0 Å². The molecule has 2 aromatic carbocycles. The molecule has 0 aliphatic rings. The number of aromatic nitrogens is 1. The molecule has 0 aliphatic carbocycles. The lowest BCUT2D eigenvalue weighted by molar-refractivity contribution is -0.344. The summed E-state index contributed by atoms with van der Waals surface area (Å²) >= 11 is 0. The fourth-order valence-electron chi connectivity index (χ4n) is 3.14. The quantitative estimate of drug-likeness (QED) is 0.586. The highest BCUT2D eigenvalue weighted by molar-refractivity contribution is 6.03. The van der Waals surface area contributed by atoms with Crippen molar-refractivity contribution in [2.45, 2.75) is 13.3 Å². The average molecular weight is 399 g/mol. The van der Waals surface area contributed by atoms with Gasteiger partial charge in [-0.1, -0.05) is 6.07 Å². The highest BCUT2D eigenvalue weighted by atomic mass is 19.1. The van der Waals surface area contributed by atoms with Gasteiger partial charge in [-0.15, -0.1) is 0 Å². The minimum absolute atomic E-state index is 0.255. The maximum atomic E-state index is 13.9. The predicted octanol–water partition coefficient (Wildman–Crippen LogP) is 3.64. The normalized spacial score (nSPS) is 10.6. The first kappa shape index (κ1) is 20.4. The molecular weight excluding hydrogens is 375 g/mol. The summed E-state index contributed by atoms with van der Waals surface area (Å²) in [6, 6.07) is 10.1. The van der Waals surface area contributed by atoms with Gasteiger partial charge in [-0.25, -0.2) is 14.2 Å². The highest BCUT2D eigenvalue weighted by Crippen LogP contribution is 2.29. The largest absolute Gasteiger partial charge is 0.493 e. The number of hydrogen-bond donors (Lipinski definition) is 1. The number of fused-ring (bicyclic) bond motifs is 1. The third kappa shape index (κ3) is 4.56. The number of halogens is 1. The lowest BCUT2D eigenvalue weighted by atomic mass is 10.1. The molecule has 0 fully saturated rings. The number of carbonyl (C=O) groups is 1. The van der Waals surface area contributed by atoms with E-state index in [-0.39, 0.29) is 12.4 Å². The Kier molecular flexibility index (Phi) is 6.49. The molecule has 0 radical (unpaired) electrons. The third-order valence-corrected chi connectivity index (χ3v) is 4.55. The zero-order valence-electron chi connectivity index (χ0n) is 16.7. The van der Waals surface area contributed by atoms with Gasteiger partial charge in [0.2, 0.25) is 5.52 Å². The number of rotatable bonds is 8. The number of H-pyrrole nitrogens is 1. The van der Waals surface area contributed by atoms with E-state index in [0.717, 1.165) is 5.56 Å². The van der Waals surface area contributed by atoms with Gasteiger partial charge < -0.3 is 19.5 Å². The second-order valence-electron chi connectivity index (χ2n) is 6.35. The van der Waals surface area contributed by atoms with Gasteiger partial charge in [-0.05, 0) is 43.2 Å². The van der Waals surface area contributed by atoms with Crippen molar-refractivity contribution in [3.63, 3.8) is 0 Å². The Hall–Kier alpha value is -3.35. The van der Waals surface area contributed by atoms with Crippen molar-refractivity contribution in [2.24, 2.45) is 0 Å². The van der Waals surface area contributed by atoms with Gasteiger partial charge in [0.05, 0.1) is 31.9 Å². The van der Waals surface area contributed by atoms with Crippen LogP contribution in [0.2, 0.25) is 0 Å². The van der Waals surface area contributed by atoms with E-state index in [1.807, 2.05) is 18.2 Å². The zero-order valence-corrected chi connectivity index (χ0v) is 16.7. The molecule has 6 nitrogen and oxygen atoms in total. The number of methoxy groups -OCH3 is 2. The van der Waals surface area contributed by atoms with Gasteiger partial charge in [-0.3, -0.25) is 0 Å². The van der Waals surface area contributed by atoms with Crippen molar-refractivity contribution >= 4 is 22.6 Å². The van der Waals surface area contributed by atoms with Crippen LogP contribution in [-0.4, -0.2) is 33.3 Å². The van der Waals surface area contributed by atoms with Crippen molar-refractivity contribution < 1.29 is 28.4 Å². The molecule has 152 valence electrons. The molecule has 7 heteroatoms. The summed E-state index contributed by atoms with van der Waals surface area (Å²) < 4.78 is 29.6. The van der Waals surface area contributed by atoms with E-state index in [1.54, 1.807) is 33.4 Å². The van der Waals surface area contributed by atoms with Crippen molar-refractivity contribution in [1.82, 2.24) is 0 Å². The maximum Gasteiger partial charge on any atom is 0.346 e. The molecule has 0 saturated heterocycles. The van der Waals surface area contributed by atoms with Crippen LogP contribution in [0, 0.1) is 5.82 Å². The number of esters is 1. The standard InChI is InChI=1S/C22H23FN2O4/c1-4-29-22(26)17-13-25-18-7-6-15(23)12-16(18)21(17)24-10-9-14-5-8-19(27-2)20(11-14)28-3/h5-8,11-13H,4,9-10H2,1-3H3,(H,24,25)/p+1. The van der Waals surface area contributed by atoms with Gasteiger partial charge in [0.25, 0.3) is 0 Å². The summed E-state index contributed by atoms with van der Waals surface area (Å²) in [4.78, 5) is 15.4. The summed E-state index contributed by atoms with van der Waals surface area (Å²) in [5.74, 6) is 0.464. The maximum absolute atomic E-state index is 13.9.